The first-order chi connectivity index (χ1) is 12.6. The molecule has 6 heteroatoms. The van der Waals surface area contributed by atoms with Crippen molar-refractivity contribution in [3.63, 3.8) is 0 Å². The summed E-state index contributed by atoms with van der Waals surface area (Å²) < 4.78 is 33.7. The number of hydrogen-bond acceptors (Lipinski definition) is 4. The van der Waals surface area contributed by atoms with Gasteiger partial charge in [0.1, 0.15) is 5.75 Å². The van der Waals surface area contributed by atoms with Gasteiger partial charge in [-0.05, 0) is 50.2 Å². The SMILES string of the molecule is CCCCNCCCC1Oc2ccccc2N(c2ccccc2)S1(=O)=O. The number of sulfonamides is 1. The van der Waals surface area contributed by atoms with E-state index in [4.69, 9.17) is 4.74 Å². The lowest BCUT2D eigenvalue weighted by molar-refractivity contribution is 0.254. The minimum Gasteiger partial charge on any atom is -0.470 e. The first-order valence-electron chi connectivity index (χ1n) is 9.20. The topological polar surface area (TPSA) is 58.6 Å². The Balaban J connectivity index is 1.81. The van der Waals surface area contributed by atoms with Crippen LogP contribution in [0.15, 0.2) is 54.6 Å². The Morgan fingerprint density at radius 1 is 1.00 bits per heavy atom. The second-order valence-electron chi connectivity index (χ2n) is 6.41. The maximum Gasteiger partial charge on any atom is 0.277 e. The Kier molecular flexibility index (Phi) is 6.16. The molecule has 0 aliphatic carbocycles. The molecule has 0 saturated heterocycles. The number of rotatable bonds is 8. The summed E-state index contributed by atoms with van der Waals surface area (Å²) in [5, 5.41) is 3.35. The van der Waals surface area contributed by atoms with E-state index < -0.39 is 15.5 Å². The monoisotopic (exact) mass is 374 g/mol. The lowest BCUT2D eigenvalue weighted by atomic mass is 10.2. The Morgan fingerprint density at radius 2 is 1.69 bits per heavy atom. The molecule has 26 heavy (non-hydrogen) atoms. The minimum absolute atomic E-state index is 0.457. The highest BCUT2D eigenvalue weighted by atomic mass is 32.2. The van der Waals surface area contributed by atoms with Crippen molar-refractivity contribution in [3.05, 3.63) is 54.6 Å². The molecule has 0 saturated carbocycles. The lowest BCUT2D eigenvalue weighted by Crippen LogP contribution is -2.43. The largest absolute Gasteiger partial charge is 0.470 e. The lowest BCUT2D eigenvalue weighted by Gasteiger charge is -2.35. The molecule has 1 aliphatic rings. The van der Waals surface area contributed by atoms with Crippen molar-refractivity contribution in [2.75, 3.05) is 17.4 Å². The number of nitrogens with zero attached hydrogens (tertiary/aromatic N) is 1. The van der Waals surface area contributed by atoms with Crippen LogP contribution in [0.2, 0.25) is 0 Å². The molecule has 1 unspecified atom stereocenters. The van der Waals surface area contributed by atoms with Crippen molar-refractivity contribution in [2.24, 2.45) is 0 Å². The van der Waals surface area contributed by atoms with Gasteiger partial charge in [-0.2, -0.15) is 0 Å². The summed E-state index contributed by atoms with van der Waals surface area (Å²) in [7, 11) is -3.64. The van der Waals surface area contributed by atoms with Gasteiger partial charge in [-0.25, -0.2) is 12.7 Å². The van der Waals surface area contributed by atoms with Crippen molar-refractivity contribution < 1.29 is 13.2 Å². The van der Waals surface area contributed by atoms with Crippen LogP contribution < -0.4 is 14.4 Å². The number of hydrogen-bond donors (Lipinski definition) is 1. The Morgan fingerprint density at radius 3 is 2.46 bits per heavy atom. The minimum atomic E-state index is -3.64. The van der Waals surface area contributed by atoms with Crippen molar-refractivity contribution in [3.8, 4) is 5.75 Å². The van der Waals surface area contributed by atoms with Gasteiger partial charge in [-0.1, -0.05) is 43.7 Å². The van der Waals surface area contributed by atoms with Crippen LogP contribution in [0.3, 0.4) is 0 Å². The first-order valence-corrected chi connectivity index (χ1v) is 10.7. The van der Waals surface area contributed by atoms with Gasteiger partial charge in [0.2, 0.25) is 5.44 Å². The van der Waals surface area contributed by atoms with E-state index in [1.807, 2.05) is 48.5 Å². The molecule has 0 spiro atoms. The molecule has 2 aromatic rings. The average Bonchev–Trinajstić information content (AvgIpc) is 2.65. The second kappa shape index (κ2) is 8.56. The van der Waals surface area contributed by atoms with Crippen molar-refractivity contribution in [1.82, 2.24) is 5.32 Å². The predicted octanol–water partition coefficient (Wildman–Crippen LogP) is 4.04. The first kappa shape index (κ1) is 18.7. The molecular formula is C20H26N2O3S. The Hall–Kier alpha value is -2.05. The van der Waals surface area contributed by atoms with E-state index in [1.54, 1.807) is 6.07 Å². The number of ether oxygens (including phenoxy) is 1. The maximum absolute atomic E-state index is 13.2. The van der Waals surface area contributed by atoms with Gasteiger partial charge in [-0.3, -0.25) is 0 Å². The normalized spacial score (nSPS) is 18.2. The van der Waals surface area contributed by atoms with Gasteiger partial charge in [0.05, 0.1) is 11.4 Å². The summed E-state index contributed by atoms with van der Waals surface area (Å²) in [6.45, 7) is 3.91. The summed E-state index contributed by atoms with van der Waals surface area (Å²) >= 11 is 0. The summed E-state index contributed by atoms with van der Waals surface area (Å²) in [5.41, 5.74) is 0.330. The van der Waals surface area contributed by atoms with E-state index in [1.165, 1.54) is 4.31 Å². The van der Waals surface area contributed by atoms with Crippen molar-refractivity contribution in [1.29, 1.82) is 0 Å². The molecule has 140 valence electrons. The van der Waals surface area contributed by atoms with E-state index in [2.05, 4.69) is 12.2 Å². The van der Waals surface area contributed by atoms with Crippen molar-refractivity contribution >= 4 is 21.4 Å². The Bertz CT molecular complexity index is 809. The molecule has 0 aromatic heterocycles. The van der Waals surface area contributed by atoms with Crippen LogP contribution in [0.25, 0.3) is 0 Å². The van der Waals surface area contributed by atoms with Crippen LogP contribution >= 0.6 is 0 Å². The fourth-order valence-corrected chi connectivity index (χ4v) is 4.82. The second-order valence-corrected chi connectivity index (χ2v) is 8.33. The number of nitrogens with one attached hydrogen (secondary N) is 1. The molecular weight excluding hydrogens is 348 g/mol. The highest BCUT2D eigenvalue weighted by Crippen LogP contribution is 2.42. The number of unbranched alkanes of at least 4 members (excludes halogenated alkanes) is 1. The number of para-hydroxylation sites is 3. The zero-order valence-corrected chi connectivity index (χ0v) is 15.9. The number of anilines is 2. The molecule has 0 radical (unpaired) electrons. The fourth-order valence-electron chi connectivity index (χ4n) is 3.06. The molecule has 1 aliphatic heterocycles. The van der Waals surface area contributed by atoms with E-state index in [0.717, 1.165) is 32.4 Å². The van der Waals surface area contributed by atoms with Gasteiger partial charge < -0.3 is 10.1 Å². The molecule has 0 amide bonds. The van der Waals surface area contributed by atoms with E-state index in [9.17, 15) is 8.42 Å². The molecule has 1 atom stereocenters. The van der Waals surface area contributed by atoms with E-state index >= 15 is 0 Å². The highest BCUT2D eigenvalue weighted by Gasteiger charge is 2.40. The molecule has 3 rings (SSSR count). The number of fused-ring (bicyclic) bond motifs is 1. The van der Waals surface area contributed by atoms with Crippen LogP contribution in [0, 0.1) is 0 Å². The van der Waals surface area contributed by atoms with Gasteiger partial charge in [0.25, 0.3) is 10.0 Å². The van der Waals surface area contributed by atoms with Crippen LogP contribution in [0.4, 0.5) is 11.4 Å². The molecule has 5 nitrogen and oxygen atoms in total. The molecule has 1 N–H and O–H groups in total. The fraction of sp³-hybridized carbons (Fsp3) is 0.400. The third-order valence-electron chi connectivity index (χ3n) is 4.42. The standard InChI is InChI=1S/C20H26N2O3S/c1-2-3-15-21-16-9-14-20-25-19-13-8-7-12-18(19)22(26(20,23)24)17-10-5-4-6-11-17/h4-8,10-13,20-21H,2-3,9,14-16H2,1H3. The summed E-state index contributed by atoms with van der Waals surface area (Å²) in [4.78, 5) is 0. The third kappa shape index (κ3) is 4.02. The smallest absolute Gasteiger partial charge is 0.277 e. The van der Waals surface area contributed by atoms with Crippen molar-refractivity contribution in [2.45, 2.75) is 38.0 Å². The third-order valence-corrected chi connectivity index (χ3v) is 6.33. The van der Waals surface area contributed by atoms with Gasteiger partial charge >= 0.3 is 0 Å². The summed E-state index contributed by atoms with van der Waals surface area (Å²) in [5.74, 6) is 0.607. The van der Waals surface area contributed by atoms with Gasteiger partial charge in [0, 0.05) is 6.42 Å². The van der Waals surface area contributed by atoms with E-state index in [-0.39, 0.29) is 0 Å². The van der Waals surface area contributed by atoms with Crippen LogP contribution in [-0.2, 0) is 10.0 Å². The molecule has 0 bridgehead atoms. The van der Waals surface area contributed by atoms with Crippen LogP contribution in [-0.4, -0.2) is 26.9 Å². The highest BCUT2D eigenvalue weighted by molar-refractivity contribution is 7.93. The predicted molar refractivity (Wildman–Crippen MR) is 105 cm³/mol. The zero-order chi connectivity index (χ0) is 18.4. The summed E-state index contributed by atoms with van der Waals surface area (Å²) in [6, 6.07) is 16.5. The molecule has 0 fully saturated rings. The van der Waals surface area contributed by atoms with Gasteiger partial charge in [-0.15, -0.1) is 0 Å². The zero-order valence-electron chi connectivity index (χ0n) is 15.1. The van der Waals surface area contributed by atoms with Gasteiger partial charge in [0.15, 0.2) is 0 Å². The maximum atomic E-state index is 13.2. The van der Waals surface area contributed by atoms with E-state index in [0.29, 0.717) is 23.5 Å². The Labute approximate surface area is 156 Å². The number of benzene rings is 2. The van der Waals surface area contributed by atoms with Crippen LogP contribution in [0.5, 0.6) is 5.75 Å². The van der Waals surface area contributed by atoms with Crippen LogP contribution in [0.1, 0.15) is 32.6 Å². The molecule has 2 aromatic carbocycles. The average molecular weight is 375 g/mol. The quantitative estimate of drug-likeness (QED) is 0.709. The summed E-state index contributed by atoms with van der Waals surface area (Å²) in [6.07, 6.45) is 3.49. The molecule has 1 heterocycles.